The molecule has 2 N–H and O–H groups in total. The lowest BCUT2D eigenvalue weighted by Crippen LogP contribution is -2.55. The van der Waals surface area contributed by atoms with E-state index in [0.717, 1.165) is 48.8 Å². The van der Waals surface area contributed by atoms with Gasteiger partial charge in [0.15, 0.2) is 0 Å². The molecule has 4 aliphatic rings. The van der Waals surface area contributed by atoms with Gasteiger partial charge in [0.1, 0.15) is 4.90 Å². The van der Waals surface area contributed by atoms with Gasteiger partial charge in [-0.2, -0.15) is 0 Å². The lowest BCUT2D eigenvalue weighted by atomic mass is 9.44. The average molecular weight is 567 g/mol. The SMILES string of the molecule is C[C@H](CCC(=O)O)C1CC[C@H]2[C@@H]3CC[C@@H]4CC(NS(=O)(=O)c5cccc6cccnc56)CC[C@]4(C)[C@H]3CC[C@]12C. The number of aliphatic carboxylic acids is 1. The fourth-order valence-electron chi connectivity index (χ4n) is 10.5. The van der Waals surface area contributed by atoms with Crippen molar-refractivity contribution in [3.8, 4) is 0 Å². The molecular formula is C33H46N2O4S. The number of benzene rings is 1. The molecule has 0 bridgehead atoms. The summed E-state index contributed by atoms with van der Waals surface area (Å²) in [5, 5.41) is 10.1. The molecule has 0 radical (unpaired) electrons. The summed E-state index contributed by atoms with van der Waals surface area (Å²) in [7, 11) is -3.66. The minimum atomic E-state index is -3.66. The largest absolute Gasteiger partial charge is 0.481 e. The summed E-state index contributed by atoms with van der Waals surface area (Å²) >= 11 is 0. The van der Waals surface area contributed by atoms with E-state index in [9.17, 15) is 18.3 Å². The number of para-hydroxylation sites is 1. The van der Waals surface area contributed by atoms with Crippen LogP contribution in [0.2, 0.25) is 0 Å². The van der Waals surface area contributed by atoms with Gasteiger partial charge < -0.3 is 5.11 Å². The van der Waals surface area contributed by atoms with Crippen LogP contribution >= 0.6 is 0 Å². The summed E-state index contributed by atoms with van der Waals surface area (Å²) in [6, 6.07) is 9.10. The highest BCUT2D eigenvalue weighted by Crippen LogP contribution is 2.68. The molecule has 0 aliphatic heterocycles. The summed E-state index contributed by atoms with van der Waals surface area (Å²) in [6.45, 7) is 7.35. The molecule has 6 rings (SSSR count). The number of fused-ring (bicyclic) bond motifs is 6. The average Bonchev–Trinajstić information content (AvgIpc) is 3.28. The molecule has 1 aromatic heterocycles. The van der Waals surface area contributed by atoms with E-state index < -0.39 is 16.0 Å². The molecule has 0 amide bonds. The molecule has 40 heavy (non-hydrogen) atoms. The third-order valence-electron chi connectivity index (χ3n) is 12.4. The number of sulfonamides is 1. The molecule has 6 nitrogen and oxygen atoms in total. The van der Waals surface area contributed by atoms with Crippen LogP contribution in [0.25, 0.3) is 10.9 Å². The number of hydrogen-bond donors (Lipinski definition) is 2. The molecular weight excluding hydrogens is 520 g/mol. The van der Waals surface area contributed by atoms with Crippen molar-refractivity contribution >= 4 is 26.9 Å². The van der Waals surface area contributed by atoms with Crippen molar-refractivity contribution in [2.24, 2.45) is 46.3 Å². The maximum absolute atomic E-state index is 13.5. The Kier molecular flexibility index (Phi) is 7.30. The Hall–Kier alpha value is -1.99. The Bertz CT molecular complexity index is 1370. The van der Waals surface area contributed by atoms with Gasteiger partial charge in [-0.15, -0.1) is 0 Å². The van der Waals surface area contributed by atoms with Gasteiger partial charge >= 0.3 is 5.97 Å². The third kappa shape index (κ3) is 4.69. The van der Waals surface area contributed by atoms with E-state index in [0.29, 0.717) is 28.7 Å². The highest BCUT2D eigenvalue weighted by Gasteiger charge is 2.60. The first-order chi connectivity index (χ1) is 19.0. The zero-order chi connectivity index (χ0) is 28.3. The van der Waals surface area contributed by atoms with Crippen LogP contribution < -0.4 is 4.72 Å². The summed E-state index contributed by atoms with van der Waals surface area (Å²) in [5.41, 5.74) is 1.15. The molecule has 4 aliphatic carbocycles. The van der Waals surface area contributed by atoms with E-state index in [4.69, 9.17) is 0 Å². The second-order valence-corrected chi connectivity index (χ2v) is 15.9. The zero-order valence-electron chi connectivity index (χ0n) is 24.3. The number of rotatable bonds is 7. The first-order valence-corrected chi connectivity index (χ1v) is 17.1. The van der Waals surface area contributed by atoms with Crippen LogP contribution in [0.5, 0.6) is 0 Å². The Labute approximate surface area is 239 Å². The molecule has 0 saturated heterocycles. The number of nitrogens with one attached hydrogen (secondary N) is 1. The van der Waals surface area contributed by atoms with Gasteiger partial charge in [0.05, 0.1) is 5.52 Å². The molecule has 4 fully saturated rings. The monoisotopic (exact) mass is 566 g/mol. The van der Waals surface area contributed by atoms with E-state index in [-0.39, 0.29) is 22.8 Å². The summed E-state index contributed by atoms with van der Waals surface area (Å²) in [6.07, 6.45) is 13.2. The highest BCUT2D eigenvalue weighted by molar-refractivity contribution is 7.89. The van der Waals surface area contributed by atoms with Crippen molar-refractivity contribution in [1.82, 2.24) is 9.71 Å². The maximum atomic E-state index is 13.5. The summed E-state index contributed by atoms with van der Waals surface area (Å²) in [4.78, 5) is 15.9. The van der Waals surface area contributed by atoms with E-state index in [1.54, 1.807) is 18.3 Å². The van der Waals surface area contributed by atoms with Gasteiger partial charge in [-0.05, 0) is 123 Å². The Morgan fingerprint density at radius 1 is 1.02 bits per heavy atom. The van der Waals surface area contributed by atoms with Crippen molar-refractivity contribution in [2.45, 2.75) is 102 Å². The normalized spacial score (nSPS) is 38.3. The number of aromatic nitrogens is 1. The van der Waals surface area contributed by atoms with Crippen molar-refractivity contribution < 1.29 is 18.3 Å². The molecule has 4 saturated carbocycles. The lowest BCUT2D eigenvalue weighted by Gasteiger charge is -2.61. The second kappa shape index (κ2) is 10.4. The number of hydrogen-bond acceptors (Lipinski definition) is 4. The highest BCUT2D eigenvalue weighted by atomic mass is 32.2. The predicted octanol–water partition coefficient (Wildman–Crippen LogP) is 7.04. The first kappa shape index (κ1) is 28.1. The van der Waals surface area contributed by atoms with Crippen molar-refractivity contribution in [1.29, 1.82) is 0 Å². The summed E-state index contributed by atoms with van der Waals surface area (Å²) < 4.78 is 30.2. The Balaban J connectivity index is 1.15. The van der Waals surface area contributed by atoms with Crippen LogP contribution in [0, 0.1) is 46.3 Å². The number of pyridine rings is 1. The standard InChI is InChI=1S/C33H46N2O4S/c1-21(9-14-30(36)37)26-12-13-27-25-11-10-23-20-24(15-17-32(23,2)28(25)16-18-33(26,27)3)35-40(38,39)29-8-4-6-22-7-5-19-34-31(22)29/h4-8,19,21,23-28,35H,9-18,20H2,1-3H3,(H,36,37)/t21-,23-,24?,25+,26?,27+,28+,32+,33-/m1/s1. The molecule has 0 spiro atoms. The van der Waals surface area contributed by atoms with E-state index >= 15 is 0 Å². The number of carboxylic acids is 1. The van der Waals surface area contributed by atoms with E-state index in [2.05, 4.69) is 30.5 Å². The maximum Gasteiger partial charge on any atom is 0.303 e. The van der Waals surface area contributed by atoms with Crippen molar-refractivity contribution in [3.63, 3.8) is 0 Å². The minimum absolute atomic E-state index is 0.0293. The van der Waals surface area contributed by atoms with Crippen LogP contribution in [0.4, 0.5) is 0 Å². The number of carboxylic acid groups (broad SMARTS) is 1. The molecule has 1 aromatic carbocycles. The van der Waals surface area contributed by atoms with Crippen LogP contribution in [-0.4, -0.2) is 30.5 Å². The van der Waals surface area contributed by atoms with E-state index in [1.807, 2.05) is 18.2 Å². The van der Waals surface area contributed by atoms with Gasteiger partial charge in [-0.3, -0.25) is 9.78 Å². The topological polar surface area (TPSA) is 96.4 Å². The van der Waals surface area contributed by atoms with E-state index in [1.165, 1.54) is 38.5 Å². The fraction of sp³-hybridized carbons (Fsp3) is 0.697. The van der Waals surface area contributed by atoms with Gasteiger partial charge in [0.2, 0.25) is 10.0 Å². The molecule has 7 heteroatoms. The molecule has 2 aromatic rings. The quantitative estimate of drug-likeness (QED) is 0.375. The van der Waals surface area contributed by atoms with Crippen LogP contribution in [0.1, 0.15) is 91.4 Å². The molecule has 1 heterocycles. The van der Waals surface area contributed by atoms with Crippen LogP contribution in [-0.2, 0) is 14.8 Å². The molecule has 9 atom stereocenters. The predicted molar refractivity (Wildman–Crippen MR) is 157 cm³/mol. The lowest BCUT2D eigenvalue weighted by molar-refractivity contribution is -0.137. The van der Waals surface area contributed by atoms with Gasteiger partial charge in [-0.1, -0.05) is 39.0 Å². The molecule has 218 valence electrons. The Morgan fingerprint density at radius 2 is 1.77 bits per heavy atom. The first-order valence-electron chi connectivity index (χ1n) is 15.6. The van der Waals surface area contributed by atoms with Gasteiger partial charge in [0.25, 0.3) is 0 Å². The van der Waals surface area contributed by atoms with Crippen LogP contribution in [0.15, 0.2) is 41.4 Å². The smallest absolute Gasteiger partial charge is 0.303 e. The zero-order valence-corrected chi connectivity index (χ0v) is 25.1. The second-order valence-electron chi connectivity index (χ2n) is 14.2. The van der Waals surface area contributed by atoms with Crippen LogP contribution in [0.3, 0.4) is 0 Å². The van der Waals surface area contributed by atoms with Gasteiger partial charge in [0, 0.05) is 24.0 Å². The fourth-order valence-corrected chi connectivity index (χ4v) is 11.9. The number of nitrogens with zero attached hydrogens (tertiary/aromatic N) is 1. The molecule has 2 unspecified atom stereocenters. The third-order valence-corrected chi connectivity index (χ3v) is 14.0. The van der Waals surface area contributed by atoms with Crippen molar-refractivity contribution in [3.05, 3.63) is 36.5 Å². The van der Waals surface area contributed by atoms with Gasteiger partial charge in [-0.25, -0.2) is 13.1 Å². The Morgan fingerprint density at radius 3 is 2.58 bits per heavy atom. The number of carbonyl (C=O) groups is 1. The summed E-state index contributed by atoms with van der Waals surface area (Å²) in [5.74, 6) is 3.21. The van der Waals surface area contributed by atoms with Crippen molar-refractivity contribution in [2.75, 3.05) is 0 Å². The minimum Gasteiger partial charge on any atom is -0.481 e.